The van der Waals surface area contributed by atoms with Gasteiger partial charge in [0.2, 0.25) is 0 Å². The van der Waals surface area contributed by atoms with Crippen LogP contribution in [0.2, 0.25) is 0 Å². The first kappa shape index (κ1) is 33.7. The second kappa shape index (κ2) is 14.1. The molecule has 17 heteroatoms. The minimum Gasteiger partial charge on any atom is -0.379 e. The molecule has 0 aromatic rings. The molecule has 0 aliphatic carbocycles. The molecule has 0 fully saturated rings. The third kappa shape index (κ3) is 9.07. The Kier molecular flexibility index (Phi) is 14.8. The molecule has 0 aromatic carbocycles. The molecule has 0 aliphatic heterocycles. The first-order valence-electron chi connectivity index (χ1n) is 9.19. The van der Waals surface area contributed by atoms with E-state index in [0.29, 0.717) is 0 Å². The highest BCUT2D eigenvalue weighted by Crippen LogP contribution is 2.52. The van der Waals surface area contributed by atoms with Crippen molar-refractivity contribution in [1.29, 1.82) is 0 Å². The Morgan fingerprint density at radius 3 is 1.19 bits per heavy atom. The second-order valence-corrected chi connectivity index (χ2v) is 10.4. The Bertz CT molecular complexity index is 486. The Morgan fingerprint density at radius 1 is 0.625 bits per heavy atom. The van der Waals surface area contributed by atoms with Gasteiger partial charge in [-0.2, -0.15) is 39.5 Å². The molecule has 0 radical (unpaired) electrons. The summed E-state index contributed by atoms with van der Waals surface area (Å²) in [5.74, 6) is -11.9. The predicted octanol–water partition coefficient (Wildman–Crippen LogP) is 4.47. The predicted molar refractivity (Wildman–Crippen MR) is 98.9 cm³/mol. The summed E-state index contributed by atoms with van der Waals surface area (Å²) in [4.78, 5) is 0. The van der Waals surface area contributed by atoms with Crippen molar-refractivity contribution < 1.29 is 66.1 Å². The summed E-state index contributed by atoms with van der Waals surface area (Å²) in [6.45, 7) is 1.51. The maximum absolute atomic E-state index is 14.4. The van der Waals surface area contributed by atoms with E-state index < -0.39 is 74.6 Å². The molecule has 0 bridgehead atoms. The van der Waals surface area contributed by atoms with Crippen LogP contribution in [-0.2, 0) is 26.6 Å². The minimum atomic E-state index is -6.18. The average Bonchev–Trinajstić information content (AvgIpc) is 2.68. The molecule has 0 aliphatic rings. The molecule has 0 saturated carbocycles. The van der Waals surface area contributed by atoms with Gasteiger partial charge in [-0.25, -0.2) is 0 Å². The fraction of sp³-hybridized carbons (Fsp3) is 1.00. The Labute approximate surface area is 183 Å². The maximum Gasteiger partial charge on any atom is 0.582 e. The van der Waals surface area contributed by atoms with Crippen molar-refractivity contribution in [1.82, 2.24) is 0 Å². The summed E-state index contributed by atoms with van der Waals surface area (Å²) in [7, 11) is -2.64. The highest BCUT2D eigenvalue weighted by atomic mass is 28.4. The Hall–Kier alpha value is -0.436. The highest BCUT2D eigenvalue weighted by Gasteiger charge is 2.84. The van der Waals surface area contributed by atoms with Crippen LogP contribution >= 0.6 is 0 Å². The van der Waals surface area contributed by atoms with Crippen LogP contribution in [0.5, 0.6) is 0 Å². The van der Waals surface area contributed by atoms with Gasteiger partial charge < -0.3 is 26.6 Å². The van der Waals surface area contributed by atoms with Crippen molar-refractivity contribution in [3.63, 3.8) is 0 Å². The lowest BCUT2D eigenvalue weighted by molar-refractivity contribution is -0.304. The molecular weight excluding hydrogens is 503 g/mol. The van der Waals surface area contributed by atoms with E-state index in [-0.39, 0.29) is 0 Å². The Morgan fingerprint density at radius 2 is 0.969 bits per heavy atom. The normalized spacial score (nSPS) is 13.9. The second-order valence-electron chi connectivity index (χ2n) is 5.82. The quantitative estimate of drug-likeness (QED) is 0.243. The molecule has 196 valence electrons. The first-order chi connectivity index (χ1) is 14.5. The first-order valence-corrected chi connectivity index (χ1v) is 12.3. The number of alkyl halides is 9. The Balaban J connectivity index is 0. The molecule has 0 aromatic heterocycles. The fourth-order valence-electron chi connectivity index (χ4n) is 2.13. The molecule has 0 N–H and O–H groups in total. The van der Waals surface area contributed by atoms with E-state index in [9.17, 15) is 39.5 Å². The molecule has 0 atom stereocenters. The zero-order chi connectivity index (χ0) is 25.9. The van der Waals surface area contributed by atoms with Crippen molar-refractivity contribution >= 4 is 18.3 Å². The van der Waals surface area contributed by atoms with Crippen LogP contribution in [0.15, 0.2) is 0 Å². The van der Waals surface area contributed by atoms with E-state index in [1.807, 2.05) is 0 Å². The summed E-state index contributed by atoms with van der Waals surface area (Å²) < 4.78 is 148. The molecule has 0 rings (SSSR count). The van der Waals surface area contributed by atoms with E-state index in [2.05, 4.69) is 13.3 Å². The third-order valence-corrected chi connectivity index (χ3v) is 7.79. The van der Waals surface area contributed by atoms with Gasteiger partial charge in [0.1, 0.15) is 0 Å². The highest BCUT2D eigenvalue weighted by molar-refractivity contribution is 6.63. The third-order valence-electron chi connectivity index (χ3n) is 3.54. The summed E-state index contributed by atoms with van der Waals surface area (Å²) >= 11 is 0. The average molecular weight is 533 g/mol. The van der Waals surface area contributed by atoms with Gasteiger partial charge in [0.15, 0.2) is 0 Å². The van der Waals surface area contributed by atoms with Crippen LogP contribution in [-0.4, -0.2) is 83.0 Å². The lowest BCUT2D eigenvalue weighted by atomic mass is 10.1. The molecule has 0 unspecified atom stereocenters. The summed E-state index contributed by atoms with van der Waals surface area (Å²) in [5.41, 5.74) is -5.66. The fourth-order valence-corrected chi connectivity index (χ4v) is 5.21. The van der Waals surface area contributed by atoms with Crippen LogP contribution < -0.4 is 0 Å². The number of halogens is 9. The van der Waals surface area contributed by atoms with E-state index in [0.717, 1.165) is 20.8 Å². The molecule has 32 heavy (non-hydrogen) atoms. The largest absolute Gasteiger partial charge is 0.582 e. The van der Waals surface area contributed by atoms with E-state index in [1.165, 1.54) is 0 Å². The van der Waals surface area contributed by atoms with Crippen molar-refractivity contribution in [2.24, 2.45) is 0 Å². The molecule has 0 heterocycles. The minimum absolute atomic E-state index is 0.619. The van der Waals surface area contributed by atoms with Gasteiger partial charge in [-0.1, -0.05) is 0 Å². The number of rotatable bonds is 14. The van der Waals surface area contributed by atoms with Gasteiger partial charge in [0, 0.05) is 54.0 Å². The van der Waals surface area contributed by atoms with Gasteiger partial charge in [-0.05, 0) is 20.8 Å². The number of hydrogen-bond donors (Lipinski definition) is 0. The van der Waals surface area contributed by atoms with Crippen molar-refractivity contribution in [3.8, 4) is 0 Å². The monoisotopic (exact) mass is 532 g/mol. The van der Waals surface area contributed by atoms with Crippen molar-refractivity contribution in [2.75, 3.05) is 41.2 Å². The van der Waals surface area contributed by atoms with Gasteiger partial charge in [-0.15, -0.1) is 0 Å². The van der Waals surface area contributed by atoms with Crippen LogP contribution in [0.4, 0.5) is 39.5 Å². The van der Waals surface area contributed by atoms with Crippen LogP contribution in [0.3, 0.4) is 0 Å². The van der Waals surface area contributed by atoms with Crippen LogP contribution in [0.1, 0.15) is 33.6 Å². The molecule has 0 amide bonds. The van der Waals surface area contributed by atoms with E-state index >= 15 is 0 Å². The lowest BCUT2D eigenvalue weighted by Crippen LogP contribution is -2.72. The van der Waals surface area contributed by atoms with E-state index in [4.69, 9.17) is 13.3 Å². The SMILES string of the molecule is CCO[Si](OCC)(OCC)C(F)(F)C(F)(F)C(F)(F)CCC(F)(F)F.CO[SiH](OC)OC. The number of hydrogen-bond acceptors (Lipinski definition) is 6. The smallest absolute Gasteiger partial charge is 0.379 e. The lowest BCUT2D eigenvalue weighted by Gasteiger charge is -2.40. The maximum atomic E-state index is 14.4. The van der Waals surface area contributed by atoms with Crippen LogP contribution in [0, 0.1) is 0 Å². The molecule has 6 nitrogen and oxygen atoms in total. The van der Waals surface area contributed by atoms with E-state index in [1.54, 1.807) is 21.3 Å². The van der Waals surface area contributed by atoms with Gasteiger partial charge in [-0.3, -0.25) is 0 Å². The molecule has 0 saturated heterocycles. The zero-order valence-electron chi connectivity index (χ0n) is 18.5. The topological polar surface area (TPSA) is 55.4 Å². The molecule has 0 spiro atoms. The van der Waals surface area contributed by atoms with Gasteiger partial charge in [0.05, 0.1) is 0 Å². The van der Waals surface area contributed by atoms with Crippen molar-refractivity contribution in [2.45, 2.75) is 57.2 Å². The summed E-state index contributed by atoms with van der Waals surface area (Å²) in [6, 6.07) is 0. The van der Waals surface area contributed by atoms with Crippen molar-refractivity contribution in [3.05, 3.63) is 0 Å². The van der Waals surface area contributed by atoms with Gasteiger partial charge in [0.25, 0.3) is 0 Å². The standard InChI is InChI=1S/C12H19F9O3Si.C3H10O3Si/c1-4-22-25(23-5-2,24-6-3)12(20,21)11(18,19)9(13,14)7-8-10(15,16)17;1-4-7(5-2)6-3/h4-8H2,1-3H3;7H,1-3H3. The van der Waals surface area contributed by atoms with Crippen LogP contribution in [0.25, 0.3) is 0 Å². The zero-order valence-corrected chi connectivity index (χ0v) is 20.6. The summed E-state index contributed by atoms with van der Waals surface area (Å²) in [6.07, 6.45) is -10.1. The molecular formula is C15H29F9O6Si2. The van der Waals surface area contributed by atoms with Gasteiger partial charge >= 0.3 is 41.9 Å². The summed E-state index contributed by atoms with van der Waals surface area (Å²) in [5, 5.41) is 0.